The third kappa shape index (κ3) is 6.24. The van der Waals surface area contributed by atoms with Gasteiger partial charge in [-0.05, 0) is 29.8 Å². The number of methoxy groups -OCH3 is 1. The summed E-state index contributed by atoms with van der Waals surface area (Å²) in [5.41, 5.74) is 2.74. The SMILES string of the molecule is COc1cccc(CN=Cc2cc(N3CCOCC3)nc(OCCc3ccccn3)n2)c1. The number of anilines is 1. The number of hydrogen-bond donors (Lipinski definition) is 0. The molecule has 0 saturated carbocycles. The van der Waals surface area contributed by atoms with Gasteiger partial charge in [-0.15, -0.1) is 0 Å². The molecule has 166 valence electrons. The van der Waals surface area contributed by atoms with Crippen LogP contribution in [-0.2, 0) is 17.7 Å². The highest BCUT2D eigenvalue weighted by Crippen LogP contribution is 2.18. The van der Waals surface area contributed by atoms with Crippen molar-refractivity contribution in [1.29, 1.82) is 0 Å². The fourth-order valence-electron chi connectivity index (χ4n) is 3.32. The van der Waals surface area contributed by atoms with E-state index in [1.807, 2.05) is 48.5 Å². The lowest BCUT2D eigenvalue weighted by atomic mass is 10.2. The van der Waals surface area contributed by atoms with Crippen molar-refractivity contribution >= 4 is 12.0 Å². The predicted octanol–water partition coefficient (Wildman–Crippen LogP) is 2.96. The zero-order chi connectivity index (χ0) is 22.0. The highest BCUT2D eigenvalue weighted by molar-refractivity contribution is 5.78. The van der Waals surface area contributed by atoms with Crippen molar-refractivity contribution in [3.63, 3.8) is 0 Å². The predicted molar refractivity (Wildman–Crippen MR) is 123 cm³/mol. The second-order valence-corrected chi connectivity index (χ2v) is 7.27. The molecule has 0 amide bonds. The van der Waals surface area contributed by atoms with E-state index < -0.39 is 0 Å². The Bertz CT molecular complexity index is 1020. The molecule has 0 atom stereocenters. The van der Waals surface area contributed by atoms with Crippen LogP contribution in [0.25, 0.3) is 0 Å². The van der Waals surface area contributed by atoms with Gasteiger partial charge >= 0.3 is 6.01 Å². The van der Waals surface area contributed by atoms with Crippen LogP contribution >= 0.6 is 0 Å². The zero-order valence-electron chi connectivity index (χ0n) is 18.2. The Labute approximate surface area is 187 Å². The summed E-state index contributed by atoms with van der Waals surface area (Å²) in [6.45, 7) is 3.90. The van der Waals surface area contributed by atoms with Crippen molar-refractivity contribution in [3.05, 3.63) is 71.7 Å². The molecule has 1 aromatic carbocycles. The maximum atomic E-state index is 5.88. The van der Waals surface area contributed by atoms with Gasteiger partial charge in [-0.2, -0.15) is 9.97 Å². The van der Waals surface area contributed by atoms with E-state index in [4.69, 9.17) is 14.2 Å². The largest absolute Gasteiger partial charge is 0.497 e. The summed E-state index contributed by atoms with van der Waals surface area (Å²) in [6.07, 6.45) is 4.23. The molecule has 0 spiro atoms. The molecular weight excluding hydrogens is 406 g/mol. The molecule has 1 aliphatic rings. The molecule has 0 radical (unpaired) electrons. The summed E-state index contributed by atoms with van der Waals surface area (Å²) in [6, 6.07) is 16.0. The van der Waals surface area contributed by atoms with Gasteiger partial charge in [0.25, 0.3) is 0 Å². The summed E-state index contributed by atoms with van der Waals surface area (Å²) in [7, 11) is 1.66. The maximum absolute atomic E-state index is 5.88. The monoisotopic (exact) mass is 433 g/mol. The molecular formula is C24H27N5O3. The second-order valence-electron chi connectivity index (χ2n) is 7.27. The summed E-state index contributed by atoms with van der Waals surface area (Å²) >= 11 is 0. The molecule has 32 heavy (non-hydrogen) atoms. The first-order chi connectivity index (χ1) is 15.8. The van der Waals surface area contributed by atoms with Gasteiger partial charge in [-0.25, -0.2) is 0 Å². The first kappa shape index (κ1) is 21.7. The average Bonchev–Trinajstić information content (AvgIpc) is 2.85. The highest BCUT2D eigenvalue weighted by atomic mass is 16.5. The Balaban J connectivity index is 1.47. The van der Waals surface area contributed by atoms with Crippen LogP contribution in [0.5, 0.6) is 11.8 Å². The smallest absolute Gasteiger partial charge is 0.318 e. The van der Waals surface area contributed by atoms with E-state index in [1.54, 1.807) is 19.5 Å². The molecule has 8 nitrogen and oxygen atoms in total. The molecule has 0 unspecified atom stereocenters. The fraction of sp³-hybridized carbons (Fsp3) is 0.333. The van der Waals surface area contributed by atoms with Gasteiger partial charge < -0.3 is 19.1 Å². The average molecular weight is 434 g/mol. The third-order valence-electron chi connectivity index (χ3n) is 4.99. The van der Waals surface area contributed by atoms with Crippen molar-refractivity contribution in [2.24, 2.45) is 4.99 Å². The topological polar surface area (TPSA) is 82.0 Å². The summed E-state index contributed by atoms with van der Waals surface area (Å²) < 4.78 is 16.6. The van der Waals surface area contributed by atoms with Crippen molar-refractivity contribution in [2.45, 2.75) is 13.0 Å². The third-order valence-corrected chi connectivity index (χ3v) is 4.99. The van der Waals surface area contributed by atoms with Crippen LogP contribution in [0, 0.1) is 0 Å². The summed E-state index contributed by atoms with van der Waals surface area (Å²) in [4.78, 5) is 20.2. The van der Waals surface area contributed by atoms with Crippen LogP contribution in [0.3, 0.4) is 0 Å². The Morgan fingerprint density at radius 1 is 1.09 bits per heavy atom. The molecule has 4 rings (SSSR count). The maximum Gasteiger partial charge on any atom is 0.318 e. The molecule has 0 N–H and O–H groups in total. The number of benzene rings is 1. The van der Waals surface area contributed by atoms with Crippen LogP contribution < -0.4 is 14.4 Å². The lowest BCUT2D eigenvalue weighted by Crippen LogP contribution is -2.37. The normalized spacial score (nSPS) is 14.0. The van der Waals surface area contributed by atoms with E-state index in [9.17, 15) is 0 Å². The quantitative estimate of drug-likeness (QED) is 0.480. The number of ether oxygens (including phenoxy) is 3. The highest BCUT2D eigenvalue weighted by Gasteiger charge is 2.15. The van der Waals surface area contributed by atoms with Gasteiger partial charge in [-0.1, -0.05) is 18.2 Å². The van der Waals surface area contributed by atoms with E-state index in [0.29, 0.717) is 44.5 Å². The molecule has 2 aromatic heterocycles. The van der Waals surface area contributed by atoms with Crippen molar-refractivity contribution < 1.29 is 14.2 Å². The van der Waals surface area contributed by atoms with Crippen LogP contribution in [0.4, 0.5) is 5.82 Å². The van der Waals surface area contributed by atoms with Gasteiger partial charge in [0.15, 0.2) is 0 Å². The Morgan fingerprint density at radius 2 is 2.00 bits per heavy atom. The van der Waals surface area contributed by atoms with Crippen LogP contribution in [0.2, 0.25) is 0 Å². The first-order valence-electron chi connectivity index (χ1n) is 10.7. The van der Waals surface area contributed by atoms with Gasteiger partial charge in [0.05, 0.1) is 39.2 Å². The fourth-order valence-corrected chi connectivity index (χ4v) is 3.32. The lowest BCUT2D eigenvalue weighted by molar-refractivity contribution is 0.122. The second kappa shape index (κ2) is 11.2. The number of aliphatic imine (C=N–C) groups is 1. The molecule has 8 heteroatoms. The number of nitrogens with zero attached hydrogens (tertiary/aromatic N) is 5. The van der Waals surface area contributed by atoms with Gasteiger partial charge in [-0.3, -0.25) is 9.98 Å². The van der Waals surface area contributed by atoms with Crippen LogP contribution in [0.1, 0.15) is 17.0 Å². The number of pyridine rings is 1. The molecule has 0 bridgehead atoms. The Hall–Kier alpha value is -3.52. The minimum Gasteiger partial charge on any atom is -0.497 e. The van der Waals surface area contributed by atoms with Crippen LogP contribution in [0.15, 0.2) is 59.7 Å². The standard InChI is InChI=1S/C24H27N5O3/c1-30-22-7-4-5-19(15-22)17-25-18-21-16-23(29-10-13-31-14-11-29)28-24(27-21)32-12-8-20-6-2-3-9-26-20/h2-7,9,15-16,18H,8,10-14,17H2,1H3. The van der Waals surface area contributed by atoms with Gasteiger partial charge in [0.1, 0.15) is 11.6 Å². The molecule has 1 saturated heterocycles. The van der Waals surface area contributed by atoms with E-state index >= 15 is 0 Å². The number of aromatic nitrogens is 3. The van der Waals surface area contributed by atoms with E-state index in [1.165, 1.54) is 0 Å². The van der Waals surface area contributed by atoms with Crippen molar-refractivity contribution in [1.82, 2.24) is 15.0 Å². The van der Waals surface area contributed by atoms with E-state index in [-0.39, 0.29) is 0 Å². The molecule has 0 aliphatic carbocycles. The summed E-state index contributed by atoms with van der Waals surface area (Å²) in [5.74, 6) is 1.64. The van der Waals surface area contributed by atoms with Gasteiger partial charge in [0.2, 0.25) is 0 Å². The van der Waals surface area contributed by atoms with Crippen molar-refractivity contribution in [2.75, 3.05) is 44.9 Å². The van der Waals surface area contributed by atoms with E-state index in [0.717, 1.165) is 35.9 Å². The molecule has 1 fully saturated rings. The number of hydrogen-bond acceptors (Lipinski definition) is 8. The van der Waals surface area contributed by atoms with Crippen LogP contribution in [-0.4, -0.2) is 61.2 Å². The molecule has 3 aromatic rings. The Kier molecular flexibility index (Phi) is 7.60. The first-order valence-corrected chi connectivity index (χ1v) is 10.7. The minimum atomic E-state index is 0.341. The van der Waals surface area contributed by atoms with Crippen molar-refractivity contribution in [3.8, 4) is 11.8 Å². The number of morpholine rings is 1. The summed E-state index contributed by atoms with van der Waals surface area (Å²) in [5, 5.41) is 0. The molecule has 1 aliphatic heterocycles. The number of rotatable bonds is 9. The van der Waals surface area contributed by atoms with Gasteiger partial charge in [0, 0.05) is 43.7 Å². The van der Waals surface area contributed by atoms with E-state index in [2.05, 4.69) is 24.8 Å². The molecule has 3 heterocycles. The lowest BCUT2D eigenvalue weighted by Gasteiger charge is -2.28. The Morgan fingerprint density at radius 3 is 2.81 bits per heavy atom. The zero-order valence-corrected chi connectivity index (χ0v) is 18.2. The minimum absolute atomic E-state index is 0.341.